The van der Waals surface area contributed by atoms with Crippen molar-refractivity contribution in [3.05, 3.63) is 48.0 Å². The van der Waals surface area contributed by atoms with Crippen LogP contribution in [0.15, 0.2) is 42.5 Å². The first-order valence-electron chi connectivity index (χ1n) is 8.81. The molecule has 6 heteroatoms. The summed E-state index contributed by atoms with van der Waals surface area (Å²) in [7, 11) is 4.87. The predicted octanol–water partition coefficient (Wildman–Crippen LogP) is 3.03. The molecule has 1 aliphatic heterocycles. The van der Waals surface area contributed by atoms with Crippen molar-refractivity contribution < 1.29 is 19.1 Å². The highest BCUT2D eigenvalue weighted by Crippen LogP contribution is 2.36. The van der Waals surface area contributed by atoms with Crippen LogP contribution in [-0.2, 0) is 9.59 Å². The summed E-state index contributed by atoms with van der Waals surface area (Å²) < 4.78 is 10.6. The zero-order valence-electron chi connectivity index (χ0n) is 16.1. The number of hydrogen-bond acceptors (Lipinski definition) is 4. The van der Waals surface area contributed by atoms with Crippen molar-refractivity contribution in [3.8, 4) is 11.5 Å². The normalized spacial score (nSPS) is 16.4. The second-order valence-electron chi connectivity index (χ2n) is 6.68. The van der Waals surface area contributed by atoms with E-state index in [-0.39, 0.29) is 18.2 Å². The summed E-state index contributed by atoms with van der Waals surface area (Å²) in [6, 6.07) is 13.0. The Labute approximate surface area is 159 Å². The molecule has 0 aromatic heterocycles. The van der Waals surface area contributed by atoms with Crippen molar-refractivity contribution in [2.75, 3.05) is 37.6 Å². The molecule has 2 aromatic carbocycles. The Balaban J connectivity index is 1.81. The van der Waals surface area contributed by atoms with Gasteiger partial charge < -0.3 is 19.3 Å². The van der Waals surface area contributed by atoms with Crippen molar-refractivity contribution in [1.29, 1.82) is 0 Å². The monoisotopic (exact) mass is 368 g/mol. The third-order valence-electron chi connectivity index (χ3n) is 4.90. The van der Waals surface area contributed by atoms with E-state index in [2.05, 4.69) is 0 Å². The number of carbonyl (C=O) groups excluding carboxylic acids is 2. The number of nitrogens with zero attached hydrogens (tertiary/aromatic N) is 2. The minimum atomic E-state index is -0.403. The van der Waals surface area contributed by atoms with Crippen LogP contribution in [0.5, 0.6) is 11.5 Å². The zero-order valence-corrected chi connectivity index (χ0v) is 16.1. The molecule has 1 atom stereocenters. The maximum absolute atomic E-state index is 12.9. The minimum absolute atomic E-state index is 0.0726. The molecule has 6 nitrogen and oxygen atoms in total. The summed E-state index contributed by atoms with van der Waals surface area (Å²) in [6.45, 7) is 2.32. The summed E-state index contributed by atoms with van der Waals surface area (Å²) >= 11 is 0. The molecule has 2 amide bonds. The van der Waals surface area contributed by atoms with E-state index in [1.165, 1.54) is 0 Å². The molecule has 1 fully saturated rings. The SMILES string of the molecule is COc1ccc(OC)c(N2CC(C(=O)N(C)c3ccc(C)cc3)CC2=O)c1. The van der Waals surface area contributed by atoms with Gasteiger partial charge in [-0.2, -0.15) is 0 Å². The van der Waals surface area contributed by atoms with Crippen LogP contribution in [0.3, 0.4) is 0 Å². The molecule has 0 N–H and O–H groups in total. The quantitative estimate of drug-likeness (QED) is 0.814. The van der Waals surface area contributed by atoms with Crippen LogP contribution in [-0.4, -0.2) is 39.6 Å². The zero-order chi connectivity index (χ0) is 19.6. The van der Waals surface area contributed by atoms with E-state index < -0.39 is 5.92 Å². The number of benzene rings is 2. The fourth-order valence-corrected chi connectivity index (χ4v) is 3.28. The minimum Gasteiger partial charge on any atom is -0.497 e. The van der Waals surface area contributed by atoms with Gasteiger partial charge in [-0.3, -0.25) is 9.59 Å². The number of ether oxygens (including phenoxy) is 2. The van der Waals surface area contributed by atoms with Crippen LogP contribution in [0, 0.1) is 12.8 Å². The lowest BCUT2D eigenvalue weighted by Gasteiger charge is -2.23. The molecule has 27 heavy (non-hydrogen) atoms. The Bertz CT molecular complexity index is 848. The van der Waals surface area contributed by atoms with Gasteiger partial charge in [-0.25, -0.2) is 0 Å². The summed E-state index contributed by atoms with van der Waals surface area (Å²) in [4.78, 5) is 28.8. The number of hydrogen-bond donors (Lipinski definition) is 0. The van der Waals surface area contributed by atoms with Gasteiger partial charge in [0.25, 0.3) is 0 Å². The molecule has 3 rings (SSSR count). The van der Waals surface area contributed by atoms with Gasteiger partial charge in [-0.05, 0) is 31.2 Å². The molecular weight excluding hydrogens is 344 g/mol. The number of carbonyl (C=O) groups is 2. The molecule has 1 heterocycles. The Hall–Kier alpha value is -3.02. The van der Waals surface area contributed by atoms with E-state index in [0.717, 1.165) is 11.3 Å². The van der Waals surface area contributed by atoms with Gasteiger partial charge in [0.2, 0.25) is 11.8 Å². The van der Waals surface area contributed by atoms with Gasteiger partial charge in [-0.15, -0.1) is 0 Å². The fourth-order valence-electron chi connectivity index (χ4n) is 3.28. The summed E-state index contributed by atoms with van der Waals surface area (Å²) in [5.74, 6) is 0.628. The third-order valence-corrected chi connectivity index (χ3v) is 4.90. The van der Waals surface area contributed by atoms with E-state index in [0.29, 0.717) is 23.7 Å². The summed E-state index contributed by atoms with van der Waals surface area (Å²) in [5, 5.41) is 0. The van der Waals surface area contributed by atoms with Crippen LogP contribution in [0.2, 0.25) is 0 Å². The van der Waals surface area contributed by atoms with Crippen LogP contribution < -0.4 is 19.3 Å². The summed E-state index contributed by atoms with van der Waals surface area (Å²) in [6.07, 6.45) is 0.176. The van der Waals surface area contributed by atoms with Crippen molar-refractivity contribution in [3.63, 3.8) is 0 Å². The van der Waals surface area contributed by atoms with E-state index in [1.807, 2.05) is 31.2 Å². The van der Waals surface area contributed by atoms with Crippen LogP contribution in [0.4, 0.5) is 11.4 Å². The largest absolute Gasteiger partial charge is 0.497 e. The van der Waals surface area contributed by atoms with E-state index in [9.17, 15) is 9.59 Å². The molecule has 0 spiro atoms. The highest BCUT2D eigenvalue weighted by atomic mass is 16.5. The van der Waals surface area contributed by atoms with Gasteiger partial charge in [0.05, 0.1) is 25.8 Å². The Morgan fingerprint density at radius 2 is 1.81 bits per heavy atom. The molecule has 142 valence electrons. The van der Waals surface area contributed by atoms with Gasteiger partial charge in [0, 0.05) is 31.8 Å². The number of amides is 2. The van der Waals surface area contributed by atoms with Crippen molar-refractivity contribution in [1.82, 2.24) is 0 Å². The van der Waals surface area contributed by atoms with Gasteiger partial charge in [0.15, 0.2) is 0 Å². The molecule has 1 saturated heterocycles. The second kappa shape index (κ2) is 7.70. The van der Waals surface area contributed by atoms with Gasteiger partial charge in [0.1, 0.15) is 11.5 Å². The van der Waals surface area contributed by atoms with Gasteiger partial charge >= 0.3 is 0 Å². The number of methoxy groups -OCH3 is 2. The first-order valence-corrected chi connectivity index (χ1v) is 8.81. The van der Waals surface area contributed by atoms with Crippen molar-refractivity contribution in [2.24, 2.45) is 5.92 Å². The Morgan fingerprint density at radius 1 is 1.11 bits per heavy atom. The number of aryl methyl sites for hydroxylation is 1. The maximum Gasteiger partial charge on any atom is 0.232 e. The highest BCUT2D eigenvalue weighted by molar-refractivity contribution is 6.05. The first kappa shape index (κ1) is 18.8. The van der Waals surface area contributed by atoms with Crippen molar-refractivity contribution >= 4 is 23.2 Å². The standard InChI is InChI=1S/C21H24N2O4/c1-14-5-7-16(8-6-14)22(2)21(25)15-11-20(24)23(13-15)18-12-17(26-3)9-10-19(18)27-4/h5-10,12,15H,11,13H2,1-4H3. The number of anilines is 2. The molecule has 0 radical (unpaired) electrons. The van der Waals surface area contributed by atoms with E-state index in [4.69, 9.17) is 9.47 Å². The van der Waals surface area contributed by atoms with Crippen molar-refractivity contribution in [2.45, 2.75) is 13.3 Å². The Kier molecular flexibility index (Phi) is 5.35. The first-order chi connectivity index (χ1) is 12.9. The second-order valence-corrected chi connectivity index (χ2v) is 6.68. The predicted molar refractivity (Wildman–Crippen MR) is 105 cm³/mol. The lowest BCUT2D eigenvalue weighted by Crippen LogP contribution is -2.34. The summed E-state index contributed by atoms with van der Waals surface area (Å²) in [5.41, 5.74) is 2.57. The number of rotatable bonds is 5. The van der Waals surface area contributed by atoms with Crippen LogP contribution >= 0.6 is 0 Å². The molecule has 0 bridgehead atoms. The van der Waals surface area contributed by atoms with E-state index >= 15 is 0 Å². The molecular formula is C21H24N2O4. The average molecular weight is 368 g/mol. The molecule has 1 aliphatic rings. The highest BCUT2D eigenvalue weighted by Gasteiger charge is 2.38. The topological polar surface area (TPSA) is 59.1 Å². The average Bonchev–Trinajstić information content (AvgIpc) is 3.08. The molecule has 0 saturated carbocycles. The van der Waals surface area contributed by atoms with Gasteiger partial charge in [-0.1, -0.05) is 17.7 Å². The lowest BCUT2D eigenvalue weighted by molar-refractivity contribution is -0.124. The maximum atomic E-state index is 12.9. The smallest absolute Gasteiger partial charge is 0.232 e. The molecule has 2 aromatic rings. The van der Waals surface area contributed by atoms with Crippen LogP contribution in [0.25, 0.3) is 0 Å². The fraction of sp³-hybridized carbons (Fsp3) is 0.333. The molecule has 1 unspecified atom stereocenters. The Morgan fingerprint density at radius 3 is 2.44 bits per heavy atom. The lowest BCUT2D eigenvalue weighted by atomic mass is 10.1. The third kappa shape index (κ3) is 3.74. The van der Waals surface area contributed by atoms with E-state index in [1.54, 1.807) is 49.3 Å². The van der Waals surface area contributed by atoms with Crippen LogP contribution in [0.1, 0.15) is 12.0 Å². The molecule has 0 aliphatic carbocycles.